The van der Waals surface area contributed by atoms with E-state index in [0.29, 0.717) is 13.0 Å². The SMILES string of the molecule is CCCOCC(=O)NC1CCC(=O)N(C)C1=O. The van der Waals surface area contributed by atoms with Crippen LogP contribution in [0, 0.1) is 0 Å². The maximum Gasteiger partial charge on any atom is 0.251 e. The lowest BCUT2D eigenvalue weighted by Crippen LogP contribution is -2.53. The molecule has 6 nitrogen and oxygen atoms in total. The monoisotopic (exact) mass is 242 g/mol. The molecule has 1 fully saturated rings. The van der Waals surface area contributed by atoms with E-state index in [2.05, 4.69) is 5.32 Å². The molecule has 3 amide bonds. The molecule has 0 aromatic heterocycles. The molecular weight excluding hydrogens is 224 g/mol. The molecule has 1 N–H and O–H groups in total. The summed E-state index contributed by atoms with van der Waals surface area (Å²) in [6.45, 7) is 2.42. The number of likely N-dealkylation sites (N-methyl/N-ethyl adjacent to an activating group) is 1. The van der Waals surface area contributed by atoms with Gasteiger partial charge in [0.05, 0.1) is 0 Å². The number of nitrogens with one attached hydrogen (secondary N) is 1. The van der Waals surface area contributed by atoms with E-state index in [4.69, 9.17) is 4.74 Å². The van der Waals surface area contributed by atoms with Gasteiger partial charge in [-0.15, -0.1) is 0 Å². The Morgan fingerprint density at radius 1 is 1.53 bits per heavy atom. The fourth-order valence-corrected chi connectivity index (χ4v) is 1.59. The highest BCUT2D eigenvalue weighted by Crippen LogP contribution is 2.11. The van der Waals surface area contributed by atoms with Gasteiger partial charge < -0.3 is 10.1 Å². The molecule has 1 heterocycles. The second-order valence-electron chi connectivity index (χ2n) is 4.00. The van der Waals surface area contributed by atoms with Crippen LogP contribution in [0.4, 0.5) is 0 Å². The zero-order valence-electron chi connectivity index (χ0n) is 10.2. The lowest BCUT2D eigenvalue weighted by atomic mass is 10.0. The van der Waals surface area contributed by atoms with Gasteiger partial charge in [-0.2, -0.15) is 0 Å². The van der Waals surface area contributed by atoms with Gasteiger partial charge in [-0.05, 0) is 12.8 Å². The number of piperidine rings is 1. The van der Waals surface area contributed by atoms with E-state index in [0.717, 1.165) is 11.3 Å². The molecule has 0 aromatic rings. The predicted octanol–water partition coefficient (Wildman–Crippen LogP) is -0.323. The van der Waals surface area contributed by atoms with Gasteiger partial charge in [-0.25, -0.2) is 0 Å². The maximum atomic E-state index is 11.7. The van der Waals surface area contributed by atoms with E-state index in [1.165, 1.54) is 7.05 Å². The number of carbonyl (C=O) groups is 3. The first-order valence-electron chi connectivity index (χ1n) is 5.73. The predicted molar refractivity (Wildman–Crippen MR) is 60.1 cm³/mol. The van der Waals surface area contributed by atoms with Crippen molar-refractivity contribution in [2.24, 2.45) is 0 Å². The van der Waals surface area contributed by atoms with Gasteiger partial charge in [-0.1, -0.05) is 6.92 Å². The lowest BCUT2D eigenvalue weighted by molar-refractivity contribution is -0.149. The average molecular weight is 242 g/mol. The van der Waals surface area contributed by atoms with Crippen molar-refractivity contribution < 1.29 is 19.1 Å². The molecule has 0 aromatic carbocycles. The van der Waals surface area contributed by atoms with E-state index in [1.54, 1.807) is 0 Å². The summed E-state index contributed by atoms with van der Waals surface area (Å²) in [4.78, 5) is 35.4. The molecule has 1 rings (SSSR count). The van der Waals surface area contributed by atoms with Crippen LogP contribution in [0.15, 0.2) is 0 Å². The smallest absolute Gasteiger partial charge is 0.251 e. The molecule has 1 saturated heterocycles. The van der Waals surface area contributed by atoms with Crippen LogP contribution in [0.5, 0.6) is 0 Å². The summed E-state index contributed by atoms with van der Waals surface area (Å²) in [7, 11) is 1.43. The molecule has 0 radical (unpaired) electrons. The third kappa shape index (κ3) is 3.81. The first kappa shape index (κ1) is 13.6. The van der Waals surface area contributed by atoms with Crippen molar-refractivity contribution in [2.45, 2.75) is 32.2 Å². The molecule has 17 heavy (non-hydrogen) atoms. The second kappa shape index (κ2) is 6.34. The van der Waals surface area contributed by atoms with Crippen molar-refractivity contribution in [2.75, 3.05) is 20.3 Å². The summed E-state index contributed by atoms with van der Waals surface area (Å²) in [5, 5.41) is 2.57. The van der Waals surface area contributed by atoms with Gasteiger partial charge in [0.1, 0.15) is 12.6 Å². The van der Waals surface area contributed by atoms with Crippen molar-refractivity contribution >= 4 is 17.7 Å². The molecule has 96 valence electrons. The largest absolute Gasteiger partial charge is 0.372 e. The molecular formula is C11H18N2O4. The number of nitrogens with zero attached hydrogens (tertiary/aromatic N) is 1. The second-order valence-corrected chi connectivity index (χ2v) is 4.00. The number of hydrogen-bond acceptors (Lipinski definition) is 4. The number of carbonyl (C=O) groups excluding carboxylic acids is 3. The first-order valence-corrected chi connectivity index (χ1v) is 5.73. The molecule has 1 aliphatic heterocycles. The Morgan fingerprint density at radius 2 is 2.24 bits per heavy atom. The van der Waals surface area contributed by atoms with Gasteiger partial charge >= 0.3 is 0 Å². The third-order valence-electron chi connectivity index (χ3n) is 2.57. The van der Waals surface area contributed by atoms with Crippen molar-refractivity contribution in [3.8, 4) is 0 Å². The maximum absolute atomic E-state index is 11.7. The quantitative estimate of drug-likeness (QED) is 0.529. The lowest BCUT2D eigenvalue weighted by Gasteiger charge is -2.28. The summed E-state index contributed by atoms with van der Waals surface area (Å²) in [6, 6.07) is -0.601. The van der Waals surface area contributed by atoms with Crippen molar-refractivity contribution in [1.29, 1.82) is 0 Å². The van der Waals surface area contributed by atoms with Gasteiger partial charge in [0, 0.05) is 20.1 Å². The van der Waals surface area contributed by atoms with Crippen LogP contribution in [-0.2, 0) is 19.1 Å². The highest BCUT2D eigenvalue weighted by Gasteiger charge is 2.32. The molecule has 0 bridgehead atoms. The minimum absolute atomic E-state index is 0.0463. The van der Waals surface area contributed by atoms with Crippen LogP contribution in [0.1, 0.15) is 26.2 Å². The zero-order valence-corrected chi connectivity index (χ0v) is 10.2. The van der Waals surface area contributed by atoms with E-state index in [9.17, 15) is 14.4 Å². The Morgan fingerprint density at radius 3 is 2.88 bits per heavy atom. The van der Waals surface area contributed by atoms with E-state index >= 15 is 0 Å². The fraction of sp³-hybridized carbons (Fsp3) is 0.727. The topological polar surface area (TPSA) is 75.7 Å². The Bertz CT molecular complexity index is 317. The zero-order chi connectivity index (χ0) is 12.8. The number of imide groups is 1. The molecule has 1 unspecified atom stereocenters. The van der Waals surface area contributed by atoms with Crippen LogP contribution in [0.3, 0.4) is 0 Å². The Balaban J connectivity index is 2.38. The minimum Gasteiger partial charge on any atom is -0.372 e. The number of rotatable bonds is 5. The van der Waals surface area contributed by atoms with Gasteiger partial charge in [-0.3, -0.25) is 19.3 Å². The summed E-state index contributed by atoms with van der Waals surface area (Å²) in [6.07, 6.45) is 1.48. The summed E-state index contributed by atoms with van der Waals surface area (Å²) < 4.78 is 5.07. The molecule has 0 saturated carbocycles. The van der Waals surface area contributed by atoms with Gasteiger partial charge in [0.15, 0.2) is 0 Å². The highest BCUT2D eigenvalue weighted by atomic mass is 16.5. The number of ether oxygens (including phenoxy) is 1. The summed E-state index contributed by atoms with van der Waals surface area (Å²) in [5.41, 5.74) is 0. The Hall–Kier alpha value is -1.43. The van der Waals surface area contributed by atoms with E-state index < -0.39 is 6.04 Å². The van der Waals surface area contributed by atoms with Gasteiger partial charge in [0.2, 0.25) is 11.8 Å². The molecule has 0 aliphatic carbocycles. The molecule has 1 aliphatic rings. The minimum atomic E-state index is -0.601. The van der Waals surface area contributed by atoms with Crippen LogP contribution in [0.25, 0.3) is 0 Å². The fourth-order valence-electron chi connectivity index (χ4n) is 1.59. The average Bonchev–Trinajstić information content (AvgIpc) is 2.30. The molecule has 1 atom stereocenters. The van der Waals surface area contributed by atoms with Crippen molar-refractivity contribution in [3.63, 3.8) is 0 Å². The van der Waals surface area contributed by atoms with Crippen molar-refractivity contribution in [3.05, 3.63) is 0 Å². The van der Waals surface area contributed by atoms with Crippen LogP contribution in [-0.4, -0.2) is 48.9 Å². The third-order valence-corrected chi connectivity index (χ3v) is 2.57. The van der Waals surface area contributed by atoms with Crippen LogP contribution < -0.4 is 5.32 Å². The Kier molecular flexibility index (Phi) is 5.09. The number of amides is 3. The standard InChI is InChI=1S/C11H18N2O4/c1-3-6-17-7-9(14)12-8-4-5-10(15)13(2)11(8)16/h8H,3-7H2,1-2H3,(H,12,14). The Labute approximate surface area is 100 Å². The van der Waals surface area contributed by atoms with Crippen LogP contribution >= 0.6 is 0 Å². The van der Waals surface area contributed by atoms with Crippen LogP contribution in [0.2, 0.25) is 0 Å². The molecule has 0 spiro atoms. The van der Waals surface area contributed by atoms with Crippen molar-refractivity contribution in [1.82, 2.24) is 10.2 Å². The summed E-state index contributed by atoms with van der Waals surface area (Å²) in [5.74, 6) is -0.882. The highest BCUT2D eigenvalue weighted by molar-refractivity contribution is 6.01. The molecule has 6 heteroatoms. The first-order chi connectivity index (χ1) is 8.06. The summed E-state index contributed by atoms with van der Waals surface area (Å²) >= 11 is 0. The van der Waals surface area contributed by atoms with E-state index in [-0.39, 0.29) is 30.7 Å². The number of likely N-dealkylation sites (tertiary alicyclic amines) is 1. The normalized spacial score (nSPS) is 20.6. The van der Waals surface area contributed by atoms with E-state index in [1.807, 2.05) is 6.92 Å². The van der Waals surface area contributed by atoms with Gasteiger partial charge in [0.25, 0.3) is 5.91 Å². The number of hydrogen-bond donors (Lipinski definition) is 1.